The molecule has 6 rings (SSSR count). The number of carbonyl (C=O) groups is 6. The average Bonchev–Trinajstić information content (AvgIpc) is 3.50. The fourth-order valence-electron chi connectivity index (χ4n) is 12.2. The van der Waals surface area contributed by atoms with Gasteiger partial charge in [0.2, 0.25) is 5.79 Å². The Balaban J connectivity index is 1.22. The Morgan fingerprint density at radius 2 is 1.56 bits per heavy atom. The van der Waals surface area contributed by atoms with Gasteiger partial charge in [-0.1, -0.05) is 101 Å². The first-order chi connectivity index (χ1) is 38.5. The number of ether oxygens (including phenoxy) is 6. The van der Waals surface area contributed by atoms with E-state index in [4.69, 9.17) is 37.7 Å². The van der Waals surface area contributed by atoms with Gasteiger partial charge in [-0.15, -0.1) is 0 Å². The van der Waals surface area contributed by atoms with Crippen LogP contribution in [-0.4, -0.2) is 159 Å². The van der Waals surface area contributed by atoms with Crippen LogP contribution in [0.5, 0.6) is 0 Å². The molecule has 17 nitrogen and oxygen atoms in total. The minimum Gasteiger partial charge on any atom is -0.460 e. The van der Waals surface area contributed by atoms with Crippen LogP contribution in [0, 0.1) is 40.9 Å². The maximum atomic E-state index is 14.7. The normalized spacial score (nSPS) is 36.5. The van der Waals surface area contributed by atoms with Crippen molar-refractivity contribution in [3.63, 3.8) is 0 Å². The number of fused-ring (bicyclic) bond motifs is 3. The lowest BCUT2D eigenvalue weighted by molar-refractivity contribution is -0.265. The highest BCUT2D eigenvalue weighted by molar-refractivity contribution is 6.61. The number of amides is 1. The predicted octanol–water partition coefficient (Wildman–Crippen LogP) is 7.22. The van der Waals surface area contributed by atoms with Gasteiger partial charge in [0.05, 0.1) is 29.8 Å². The molecule has 3 saturated heterocycles. The number of aliphatic hydroxyl groups excluding tert-OH is 1. The smallest absolute Gasteiger partial charge is 0.460 e. The van der Waals surface area contributed by atoms with E-state index in [1.807, 2.05) is 95.3 Å². The lowest BCUT2D eigenvalue weighted by Gasteiger charge is -2.42. The highest BCUT2D eigenvalue weighted by Crippen LogP contribution is 2.38. The molecular formula is C63H92BNO16. The van der Waals surface area contributed by atoms with Crippen molar-refractivity contribution in [2.24, 2.45) is 40.9 Å². The van der Waals surface area contributed by atoms with Gasteiger partial charge in [-0.25, -0.2) is 4.79 Å². The maximum absolute atomic E-state index is 14.7. The summed E-state index contributed by atoms with van der Waals surface area (Å²) >= 11 is 0. The van der Waals surface area contributed by atoms with Crippen LogP contribution in [0.4, 0.5) is 0 Å². The summed E-state index contributed by atoms with van der Waals surface area (Å²) in [4.78, 5) is 86.6. The largest absolute Gasteiger partial charge is 0.493 e. The number of benzene rings is 1. The average molecular weight is 1130 g/mol. The summed E-state index contributed by atoms with van der Waals surface area (Å²) in [7, 11) is 4.01. The monoisotopic (exact) mass is 1130 g/mol. The highest BCUT2D eigenvalue weighted by atomic mass is 16.6. The van der Waals surface area contributed by atoms with Crippen molar-refractivity contribution in [3.8, 4) is 0 Å². The molecule has 18 heteroatoms. The number of hydrogen-bond acceptors (Lipinski definition) is 16. The molecule has 1 saturated carbocycles. The third kappa shape index (κ3) is 17.1. The standard InChI is InChI=1S/C63H92BNO16/c1-39-20-14-12-15-21-40(2)52(74-9)34-48-27-25-45(7)63(73,81-48)59(70)60(71)65-29-19-18-24-49(65)61(72)80-53(35-50(66)41(3)31-44(6)57(69)58(76-11)56(68)43(5)30-39)42(4)32-46-26-28-51(54(33-46)75-10)77-36-55(67)62(8)37-78-64(79-38-62)47-22-16-13-17-23-47/h12-17,20-23,31,39,41-43,45-46,48-49,51-54,57-58,69,73H,18-19,24-30,32-38H2,1-11H3/b15-12+,20-14+,40-21+,44-31+/t39-,41-,42-,43-,45-,46+,48+,49+,51-,52+,53+,54-,57-,58+,63-/m1/s1. The number of allylic oxidation sites excluding steroid dienone is 6. The molecule has 81 heavy (non-hydrogen) atoms. The van der Waals surface area contributed by atoms with Gasteiger partial charge in [0, 0.05) is 71.7 Å². The van der Waals surface area contributed by atoms with Gasteiger partial charge in [0.25, 0.3) is 11.7 Å². The third-order valence-corrected chi connectivity index (χ3v) is 17.7. The van der Waals surface area contributed by atoms with Crippen molar-refractivity contribution >= 4 is 47.6 Å². The molecule has 0 aromatic heterocycles. The number of Topliss-reactive ketones (excluding diaryl/α,β-unsaturated/α-hetero) is 4. The molecule has 0 radical (unpaired) electrons. The third-order valence-electron chi connectivity index (χ3n) is 17.7. The van der Waals surface area contributed by atoms with E-state index in [-0.39, 0.29) is 80.6 Å². The quantitative estimate of drug-likeness (QED) is 0.0967. The molecule has 1 amide bonds. The van der Waals surface area contributed by atoms with E-state index in [2.05, 4.69) is 0 Å². The van der Waals surface area contributed by atoms with Crippen LogP contribution in [-0.2, 0) is 66.5 Å². The molecule has 0 spiro atoms. The molecule has 5 aliphatic rings. The second-order valence-electron chi connectivity index (χ2n) is 24.2. The molecule has 4 heterocycles. The molecule has 1 aromatic rings. The topological polar surface area (TPSA) is 220 Å². The van der Waals surface area contributed by atoms with E-state index < -0.39 is 96.2 Å². The Labute approximate surface area is 481 Å². The Morgan fingerprint density at radius 1 is 0.840 bits per heavy atom. The van der Waals surface area contributed by atoms with Crippen molar-refractivity contribution in [3.05, 3.63) is 77.9 Å². The van der Waals surface area contributed by atoms with Crippen LogP contribution in [0.2, 0.25) is 0 Å². The van der Waals surface area contributed by atoms with Crippen LogP contribution in [0.3, 0.4) is 0 Å². The fraction of sp³-hybridized carbons (Fsp3) is 0.683. The Morgan fingerprint density at radius 3 is 2.23 bits per heavy atom. The SMILES string of the molecule is CO[C@H]1C[C@@H]2CC[C@@H](C)[C@@](O)(O2)C(=O)C(=O)N2CCCC[C@H]2C(=O)O[C@H]([C@H](C)C[C@@H]2CC[C@@H](OCC(=O)C3(C)COB(c4ccccc4)OC3)[C@H](OC)C2)CC(=O)[C@H](C)/C=C(\C)[C@@H](O)[C@@H](OC)C(=O)[C@H](C)C[C@H](C)/C=C/C=C/C=C/1C. The van der Waals surface area contributed by atoms with Crippen molar-refractivity contribution in [2.45, 2.75) is 187 Å². The first-order valence-corrected chi connectivity index (χ1v) is 29.5. The fourth-order valence-corrected chi connectivity index (χ4v) is 12.2. The van der Waals surface area contributed by atoms with Gasteiger partial charge in [0.15, 0.2) is 11.6 Å². The van der Waals surface area contributed by atoms with E-state index in [0.29, 0.717) is 69.8 Å². The zero-order chi connectivity index (χ0) is 59.2. The van der Waals surface area contributed by atoms with Gasteiger partial charge in [-0.3, -0.25) is 24.0 Å². The molecule has 1 aromatic carbocycles. The van der Waals surface area contributed by atoms with E-state index in [1.165, 1.54) is 12.0 Å². The summed E-state index contributed by atoms with van der Waals surface area (Å²) < 4.78 is 48.3. The molecule has 15 atom stereocenters. The Kier molecular flexibility index (Phi) is 24.6. The molecule has 1 aliphatic carbocycles. The van der Waals surface area contributed by atoms with E-state index >= 15 is 0 Å². The van der Waals surface area contributed by atoms with Crippen molar-refractivity contribution in [2.75, 3.05) is 47.7 Å². The zero-order valence-corrected chi connectivity index (χ0v) is 49.9. The summed E-state index contributed by atoms with van der Waals surface area (Å²) in [6, 6.07) is 8.39. The first-order valence-electron chi connectivity index (χ1n) is 29.5. The van der Waals surface area contributed by atoms with Crippen LogP contribution < -0.4 is 5.46 Å². The summed E-state index contributed by atoms with van der Waals surface area (Å²) in [5.41, 5.74) is 1.22. The van der Waals surface area contributed by atoms with Crippen molar-refractivity contribution in [1.82, 2.24) is 4.90 Å². The molecular weight excluding hydrogens is 1040 g/mol. The molecule has 448 valence electrons. The second-order valence-corrected chi connectivity index (χ2v) is 24.2. The van der Waals surface area contributed by atoms with Crippen LogP contribution >= 0.6 is 0 Å². The lowest BCUT2D eigenvalue weighted by atomic mass is 9.75. The summed E-state index contributed by atoms with van der Waals surface area (Å²) in [5, 5.41) is 23.7. The molecule has 2 bridgehead atoms. The number of cyclic esters (lactones) is 1. The van der Waals surface area contributed by atoms with Gasteiger partial charge in [-0.05, 0) is 119 Å². The number of hydrogen-bond donors (Lipinski definition) is 2. The van der Waals surface area contributed by atoms with Crippen molar-refractivity contribution < 1.29 is 76.7 Å². The number of carbonyl (C=O) groups excluding carboxylic acids is 6. The number of aliphatic hydroxyl groups is 2. The van der Waals surface area contributed by atoms with Gasteiger partial charge >= 0.3 is 13.1 Å². The first kappa shape index (κ1) is 65.7. The lowest BCUT2D eigenvalue weighted by Crippen LogP contribution is -2.61. The van der Waals surface area contributed by atoms with E-state index in [9.17, 15) is 39.0 Å². The van der Waals surface area contributed by atoms with Crippen LogP contribution in [0.25, 0.3) is 0 Å². The minimum absolute atomic E-state index is 0.000702. The van der Waals surface area contributed by atoms with Crippen LogP contribution in [0.15, 0.2) is 77.9 Å². The van der Waals surface area contributed by atoms with Gasteiger partial charge < -0.3 is 52.8 Å². The number of ketones is 4. The van der Waals surface area contributed by atoms with Crippen molar-refractivity contribution in [1.29, 1.82) is 0 Å². The van der Waals surface area contributed by atoms with Gasteiger partial charge in [-0.2, -0.15) is 0 Å². The number of esters is 1. The number of methoxy groups -OCH3 is 3. The van der Waals surface area contributed by atoms with E-state index in [0.717, 1.165) is 11.0 Å². The summed E-state index contributed by atoms with van der Waals surface area (Å²) in [5.74, 6) is -8.47. The van der Waals surface area contributed by atoms with Crippen LogP contribution in [0.1, 0.15) is 132 Å². The molecule has 2 N–H and O–H groups in total. The predicted molar refractivity (Wildman–Crippen MR) is 306 cm³/mol. The highest BCUT2D eigenvalue weighted by Gasteiger charge is 2.53. The van der Waals surface area contributed by atoms with E-state index in [1.54, 1.807) is 41.1 Å². The number of rotatable bonds is 11. The summed E-state index contributed by atoms with van der Waals surface area (Å²) in [6.07, 6.45) is 11.0. The molecule has 0 unspecified atom stereocenters. The van der Waals surface area contributed by atoms with Gasteiger partial charge in [0.1, 0.15) is 36.7 Å². The second kappa shape index (κ2) is 30.4. The number of nitrogens with zero attached hydrogens (tertiary/aromatic N) is 1. The Bertz CT molecular complexity index is 2420. The minimum atomic E-state index is -2.46. The number of piperidine rings is 1. The molecule has 4 aliphatic heterocycles. The summed E-state index contributed by atoms with van der Waals surface area (Å²) in [6.45, 7) is 14.8. The molecule has 4 fully saturated rings. The maximum Gasteiger partial charge on any atom is 0.493 e. The zero-order valence-electron chi connectivity index (χ0n) is 49.9. The Hall–Kier alpha value is -4.50.